The number of rotatable bonds is 7. The number of hydrogen-bond acceptors (Lipinski definition) is 11. The summed E-state index contributed by atoms with van der Waals surface area (Å²) in [4.78, 5) is 55.4. The zero-order valence-electron chi connectivity index (χ0n) is 40.7. The van der Waals surface area contributed by atoms with Crippen molar-refractivity contribution in [3.05, 3.63) is 134 Å². The fraction of sp³-hybridized carbons (Fsp3) is 0.340. The first-order valence-corrected chi connectivity index (χ1v) is 24.3. The predicted molar refractivity (Wildman–Crippen MR) is 281 cm³/mol. The number of para-hydroxylation sites is 1. The number of methoxy groups -OCH3 is 1. The Bertz CT molecular complexity index is 3200. The molecular formula is C53H56Cl2N12O5. The Labute approximate surface area is 428 Å². The molecule has 10 rings (SSSR count). The van der Waals surface area contributed by atoms with Gasteiger partial charge in [0.1, 0.15) is 12.2 Å². The van der Waals surface area contributed by atoms with Crippen molar-refractivity contribution in [1.82, 2.24) is 39.5 Å². The molecule has 0 unspecified atom stereocenters. The number of H-pyrrole nitrogens is 1. The number of anilines is 1. The standard InChI is InChI=1S/C26H25N7O.C10H5ClN2O.C7H8ClNO.C5H7NO2.C5H11N/c1-4-23(34)32-10-11-33-22(15-32)25(30-26(33)16-8-9-16)18-6-5-7-20-19(18)12-21(27-2)24(29-20)17-13-28-31(3)14-17;1-12-9-5-6-7(11)3-2-4-8(6)13-10(9)14;1-10-7-5(8)3-2-4-6(7)9;1-2-8-5(7)3-4-6;1-2-4-6-5-3-1/h5-7,12-14,16H,4,8-11,15H2,1,3H3;2-5H,(H,13,14);2-4H,9H2,1H3;2-3H2,1H3;6H,1-5H2. The highest BCUT2D eigenvalue weighted by Crippen LogP contribution is 2.44. The van der Waals surface area contributed by atoms with Gasteiger partial charge in [-0.2, -0.15) is 10.4 Å². The smallest absolute Gasteiger partial charge is 0.320 e. The largest absolute Gasteiger partial charge is 0.493 e. The van der Waals surface area contributed by atoms with Gasteiger partial charge in [0.15, 0.2) is 5.75 Å². The van der Waals surface area contributed by atoms with Crippen molar-refractivity contribution in [3.63, 3.8) is 0 Å². The molecule has 19 heteroatoms. The van der Waals surface area contributed by atoms with Crippen LogP contribution in [-0.4, -0.2) is 79.4 Å². The minimum absolute atomic E-state index is 0.0607. The van der Waals surface area contributed by atoms with E-state index >= 15 is 0 Å². The first-order valence-electron chi connectivity index (χ1n) is 23.5. The summed E-state index contributed by atoms with van der Waals surface area (Å²) in [6.07, 6.45) is 10.5. The lowest BCUT2D eigenvalue weighted by Crippen LogP contribution is -2.38. The molecule has 4 N–H and O–H groups in total. The number of hydrogen-bond donors (Lipinski definition) is 3. The fourth-order valence-electron chi connectivity index (χ4n) is 8.02. The van der Waals surface area contributed by atoms with E-state index in [1.54, 1.807) is 60.3 Å². The highest BCUT2D eigenvalue weighted by Gasteiger charge is 2.34. The topological polar surface area (TPSA) is 208 Å². The number of piperidine rings is 1. The van der Waals surface area contributed by atoms with Crippen molar-refractivity contribution in [2.75, 3.05) is 39.1 Å². The van der Waals surface area contributed by atoms with Crippen molar-refractivity contribution in [2.24, 2.45) is 7.05 Å². The highest BCUT2D eigenvalue weighted by atomic mass is 35.5. The van der Waals surface area contributed by atoms with Gasteiger partial charge in [-0.05, 0) is 93.5 Å². The minimum Gasteiger partial charge on any atom is -0.493 e. The Hall–Kier alpha value is -7.75. The molecule has 0 spiro atoms. The number of pyridine rings is 2. The molecule has 372 valence electrons. The van der Waals surface area contributed by atoms with Crippen LogP contribution in [0.25, 0.3) is 54.0 Å². The van der Waals surface area contributed by atoms with Gasteiger partial charge >= 0.3 is 5.97 Å². The van der Waals surface area contributed by atoms with E-state index in [-0.39, 0.29) is 23.6 Å². The number of imidazole rings is 1. The number of ether oxygens (including phenoxy) is 2. The Morgan fingerprint density at radius 2 is 1.64 bits per heavy atom. The Kier molecular flexibility index (Phi) is 19.3. The van der Waals surface area contributed by atoms with Crippen LogP contribution in [0.15, 0.2) is 83.9 Å². The summed E-state index contributed by atoms with van der Waals surface area (Å²) >= 11 is 11.6. The number of halogens is 2. The van der Waals surface area contributed by atoms with Crippen molar-refractivity contribution >= 4 is 73.9 Å². The quantitative estimate of drug-likeness (QED) is 0.0777. The van der Waals surface area contributed by atoms with E-state index in [1.165, 1.54) is 58.4 Å². The number of nitriles is 1. The van der Waals surface area contributed by atoms with Gasteiger partial charge in [-0.3, -0.25) is 24.0 Å². The average molecular weight is 1010 g/mol. The molecule has 1 aliphatic carbocycles. The first-order chi connectivity index (χ1) is 34.8. The Balaban J connectivity index is 0.000000181. The third kappa shape index (κ3) is 13.6. The molecule has 4 aromatic heterocycles. The van der Waals surface area contributed by atoms with Gasteiger partial charge in [0.05, 0.1) is 79.0 Å². The Morgan fingerprint density at radius 1 is 0.931 bits per heavy atom. The van der Waals surface area contributed by atoms with Crippen molar-refractivity contribution in [1.29, 1.82) is 5.26 Å². The molecule has 1 amide bonds. The molecular weight excluding hydrogens is 956 g/mol. The number of amides is 1. The number of carbonyl (C=O) groups is 2. The molecule has 0 bridgehead atoms. The van der Waals surface area contributed by atoms with E-state index in [4.69, 9.17) is 62.0 Å². The van der Waals surface area contributed by atoms with Gasteiger partial charge in [0, 0.05) is 65.7 Å². The van der Waals surface area contributed by atoms with E-state index in [0.29, 0.717) is 69.3 Å². The predicted octanol–water partition coefficient (Wildman–Crippen LogP) is 10.6. The van der Waals surface area contributed by atoms with Crippen LogP contribution in [0.4, 0.5) is 17.1 Å². The van der Waals surface area contributed by atoms with Crippen LogP contribution < -0.4 is 21.3 Å². The van der Waals surface area contributed by atoms with E-state index in [0.717, 1.165) is 52.3 Å². The van der Waals surface area contributed by atoms with Gasteiger partial charge in [-0.15, -0.1) is 0 Å². The summed E-state index contributed by atoms with van der Waals surface area (Å²) in [5, 5.41) is 18.1. The maximum Gasteiger partial charge on any atom is 0.320 e. The van der Waals surface area contributed by atoms with E-state index in [1.807, 2.05) is 43.3 Å². The third-order valence-electron chi connectivity index (χ3n) is 11.7. The molecule has 3 aliphatic rings. The van der Waals surface area contributed by atoms with E-state index in [9.17, 15) is 14.4 Å². The number of aryl methyl sites for hydroxylation is 1. The molecule has 3 aromatic carbocycles. The van der Waals surface area contributed by atoms with Crippen LogP contribution >= 0.6 is 23.2 Å². The van der Waals surface area contributed by atoms with Gasteiger partial charge in [-0.1, -0.05) is 60.8 Å². The van der Waals surface area contributed by atoms with Gasteiger partial charge in [0.25, 0.3) is 11.2 Å². The number of carbonyl (C=O) groups excluding carboxylic acids is 2. The normalized spacial score (nSPS) is 13.3. The summed E-state index contributed by atoms with van der Waals surface area (Å²) in [5.74, 6) is 1.91. The number of aromatic nitrogens is 6. The summed E-state index contributed by atoms with van der Waals surface area (Å²) in [5.41, 5.74) is 12.1. The van der Waals surface area contributed by atoms with Crippen LogP contribution in [0.3, 0.4) is 0 Å². The number of fused-ring (bicyclic) bond motifs is 3. The average Bonchev–Trinajstić information content (AvgIpc) is 4.04. The van der Waals surface area contributed by atoms with Gasteiger partial charge in [0.2, 0.25) is 11.6 Å². The number of aromatic amines is 1. The number of nitrogens with one attached hydrogen (secondary N) is 2. The maximum atomic E-state index is 12.5. The molecule has 6 heterocycles. The zero-order valence-corrected chi connectivity index (χ0v) is 42.2. The molecule has 1 saturated carbocycles. The number of nitrogens with zero attached hydrogens (tertiary/aromatic N) is 9. The van der Waals surface area contributed by atoms with Crippen LogP contribution in [0.1, 0.15) is 76.2 Å². The van der Waals surface area contributed by atoms with Gasteiger partial charge in [-0.25, -0.2) is 14.7 Å². The van der Waals surface area contributed by atoms with Crippen molar-refractivity contribution in [2.45, 2.75) is 77.8 Å². The highest BCUT2D eigenvalue weighted by molar-refractivity contribution is 6.35. The lowest BCUT2D eigenvalue weighted by molar-refractivity contribution is -0.141. The monoisotopic (exact) mass is 1010 g/mol. The minimum atomic E-state index is -0.449. The Morgan fingerprint density at radius 3 is 2.22 bits per heavy atom. The van der Waals surface area contributed by atoms with Crippen LogP contribution in [0.2, 0.25) is 10.0 Å². The van der Waals surface area contributed by atoms with Crippen molar-refractivity contribution in [3.8, 4) is 34.3 Å². The third-order valence-corrected chi connectivity index (χ3v) is 12.3. The summed E-state index contributed by atoms with van der Waals surface area (Å²) < 4.78 is 13.4. The lowest BCUT2D eigenvalue weighted by Gasteiger charge is -2.29. The summed E-state index contributed by atoms with van der Waals surface area (Å²) in [6.45, 7) is 23.1. The second kappa shape index (κ2) is 25.9. The van der Waals surface area contributed by atoms with E-state index < -0.39 is 5.97 Å². The summed E-state index contributed by atoms with van der Waals surface area (Å²) in [7, 11) is 3.39. The lowest BCUT2D eigenvalue weighted by atomic mass is 10.0. The second-order valence-electron chi connectivity index (χ2n) is 16.7. The van der Waals surface area contributed by atoms with E-state index in [2.05, 4.69) is 40.5 Å². The van der Waals surface area contributed by atoms with Crippen LogP contribution in [0, 0.1) is 24.5 Å². The first kappa shape index (κ1) is 53.6. The maximum absolute atomic E-state index is 12.5. The molecule has 72 heavy (non-hydrogen) atoms. The summed E-state index contributed by atoms with van der Waals surface area (Å²) in [6, 6.07) is 21.6. The van der Waals surface area contributed by atoms with Gasteiger partial charge < -0.3 is 35.0 Å². The fourth-order valence-corrected chi connectivity index (χ4v) is 8.51. The second-order valence-corrected chi connectivity index (χ2v) is 17.5. The molecule has 17 nitrogen and oxygen atoms in total. The SMILES string of the molecule is C1CCNCC1.CCOC(=O)CC#N.COc1c(N)cccc1Cl.[C-]#[N+]c1cc2c(-c3nc(C4CC4)n4c3CN(C(=O)CC)CC4)cccc2nc1-c1cnn(C)c1.[C-]#[N+]c1cc2c(Cl)cccc2[nH]c1=O. The van der Waals surface area contributed by atoms with Crippen LogP contribution in [-0.2, 0) is 34.5 Å². The number of nitrogens with two attached hydrogens (primary N) is 1. The molecule has 2 aliphatic heterocycles. The number of nitrogen functional groups attached to an aromatic ring is 1. The zero-order chi connectivity index (χ0) is 51.7. The molecule has 7 aromatic rings. The van der Waals surface area contributed by atoms with Crippen LogP contribution in [0.5, 0.6) is 5.75 Å². The molecule has 2 fully saturated rings. The molecule has 1 saturated heterocycles. The molecule has 0 radical (unpaired) electrons. The number of esters is 1. The number of benzene rings is 3. The van der Waals surface area contributed by atoms with Crippen molar-refractivity contribution < 1.29 is 19.1 Å². The molecule has 0 atom stereocenters.